The minimum atomic E-state index is 0.212. The molecule has 25 heavy (non-hydrogen) atoms. The molecule has 3 aromatic rings. The third-order valence-corrected chi connectivity index (χ3v) is 4.64. The van der Waals surface area contributed by atoms with E-state index in [-0.39, 0.29) is 5.88 Å². The van der Waals surface area contributed by atoms with E-state index in [1.807, 2.05) is 47.9 Å². The molecule has 0 unspecified atom stereocenters. The predicted molar refractivity (Wildman–Crippen MR) is 104 cm³/mol. The summed E-state index contributed by atoms with van der Waals surface area (Å²) in [5.41, 5.74) is 4.57. The van der Waals surface area contributed by atoms with Gasteiger partial charge in [-0.1, -0.05) is 32.0 Å². The molecule has 0 bridgehead atoms. The highest BCUT2D eigenvalue weighted by Gasteiger charge is 2.20. The number of methoxy groups -OCH3 is 1. The van der Waals surface area contributed by atoms with Gasteiger partial charge in [-0.05, 0) is 42.7 Å². The van der Waals surface area contributed by atoms with Crippen LogP contribution in [0.1, 0.15) is 37.8 Å². The summed E-state index contributed by atoms with van der Waals surface area (Å²) in [6, 6.07) is 14.0. The molecular formula is C21H24N2O2. The average molecular weight is 336 g/mol. The van der Waals surface area contributed by atoms with Gasteiger partial charge in [-0.15, -0.1) is 0 Å². The number of para-hydroxylation sites is 1. The summed E-state index contributed by atoms with van der Waals surface area (Å²) in [6.45, 7) is 6.18. The fourth-order valence-electron chi connectivity index (χ4n) is 3.27. The maximum Gasteiger partial charge on any atom is 0.206 e. The summed E-state index contributed by atoms with van der Waals surface area (Å²) in [4.78, 5) is 4.27. The van der Waals surface area contributed by atoms with E-state index in [0.717, 1.165) is 39.2 Å². The van der Waals surface area contributed by atoms with Gasteiger partial charge in [0.15, 0.2) is 0 Å². The number of fused-ring (bicyclic) bond motifs is 1. The highest BCUT2D eigenvalue weighted by molar-refractivity contribution is 6.12. The number of aromatic nitrogens is 1. The molecule has 0 radical (unpaired) electrons. The van der Waals surface area contributed by atoms with Crippen LogP contribution in [-0.2, 0) is 0 Å². The Labute approximate surface area is 148 Å². The lowest BCUT2D eigenvalue weighted by molar-refractivity contribution is 0.407. The highest BCUT2D eigenvalue weighted by atomic mass is 16.5. The van der Waals surface area contributed by atoms with Crippen molar-refractivity contribution in [3.05, 3.63) is 53.6 Å². The van der Waals surface area contributed by atoms with Crippen molar-refractivity contribution in [3.8, 4) is 17.3 Å². The number of benzene rings is 2. The van der Waals surface area contributed by atoms with Crippen LogP contribution in [0.3, 0.4) is 0 Å². The number of hydrogen-bond donors (Lipinski definition) is 1. The summed E-state index contributed by atoms with van der Waals surface area (Å²) < 4.78 is 7.36. The van der Waals surface area contributed by atoms with E-state index in [1.165, 1.54) is 0 Å². The Kier molecular flexibility index (Phi) is 4.53. The standard InChI is InChI=1S/C21H24N2O2/c1-13(2)17-12-15(10-11-19(17)25-5)23-18-9-7-6-8-16(18)20(21(23)24)14(3)22-4/h6-13,24H,1-5H3. The maximum atomic E-state index is 11.0. The van der Waals surface area contributed by atoms with E-state index in [2.05, 4.69) is 24.9 Å². The number of rotatable bonds is 4. The quantitative estimate of drug-likeness (QED) is 0.688. The first-order valence-corrected chi connectivity index (χ1v) is 8.44. The third kappa shape index (κ3) is 2.78. The van der Waals surface area contributed by atoms with Crippen LogP contribution in [0.15, 0.2) is 47.5 Å². The third-order valence-electron chi connectivity index (χ3n) is 4.64. The number of aliphatic imine (C=N–C) groups is 1. The van der Waals surface area contributed by atoms with Crippen LogP contribution in [0.5, 0.6) is 11.6 Å². The van der Waals surface area contributed by atoms with E-state index < -0.39 is 0 Å². The summed E-state index contributed by atoms with van der Waals surface area (Å²) in [5, 5.41) is 12.0. The first-order valence-electron chi connectivity index (χ1n) is 8.44. The molecule has 2 aromatic carbocycles. The van der Waals surface area contributed by atoms with Gasteiger partial charge in [-0.3, -0.25) is 9.56 Å². The fraction of sp³-hybridized carbons (Fsp3) is 0.286. The summed E-state index contributed by atoms with van der Waals surface area (Å²) >= 11 is 0. The lowest BCUT2D eigenvalue weighted by Crippen LogP contribution is -2.00. The monoisotopic (exact) mass is 336 g/mol. The van der Waals surface area contributed by atoms with Gasteiger partial charge in [0.1, 0.15) is 5.75 Å². The molecular weight excluding hydrogens is 312 g/mol. The van der Waals surface area contributed by atoms with Crippen molar-refractivity contribution in [2.75, 3.05) is 14.2 Å². The molecule has 0 saturated heterocycles. The zero-order chi connectivity index (χ0) is 18.1. The van der Waals surface area contributed by atoms with Crippen LogP contribution in [0.4, 0.5) is 0 Å². The van der Waals surface area contributed by atoms with Crippen LogP contribution in [0, 0.1) is 0 Å². The van der Waals surface area contributed by atoms with Crippen molar-refractivity contribution in [1.82, 2.24) is 4.57 Å². The first-order chi connectivity index (χ1) is 12.0. The lowest BCUT2D eigenvalue weighted by Gasteiger charge is -2.15. The van der Waals surface area contributed by atoms with Crippen LogP contribution in [0.2, 0.25) is 0 Å². The van der Waals surface area contributed by atoms with Gasteiger partial charge >= 0.3 is 0 Å². The van der Waals surface area contributed by atoms with Crippen molar-refractivity contribution in [2.24, 2.45) is 4.99 Å². The summed E-state index contributed by atoms with van der Waals surface area (Å²) in [6.07, 6.45) is 0. The topological polar surface area (TPSA) is 46.8 Å². The number of hydrogen-bond acceptors (Lipinski definition) is 3. The van der Waals surface area contributed by atoms with Gasteiger partial charge in [0.05, 0.1) is 18.2 Å². The van der Waals surface area contributed by atoms with Crippen LogP contribution >= 0.6 is 0 Å². The Morgan fingerprint density at radius 1 is 1.16 bits per heavy atom. The Balaban J connectivity index is 2.34. The number of aromatic hydroxyl groups is 1. The van der Waals surface area contributed by atoms with Crippen molar-refractivity contribution in [3.63, 3.8) is 0 Å². The molecule has 0 fully saturated rings. The molecule has 1 N–H and O–H groups in total. The number of nitrogens with zero attached hydrogens (tertiary/aromatic N) is 2. The molecule has 0 aliphatic carbocycles. The van der Waals surface area contributed by atoms with Gasteiger partial charge in [-0.2, -0.15) is 0 Å². The Bertz CT molecular complexity index is 952. The Morgan fingerprint density at radius 3 is 2.52 bits per heavy atom. The van der Waals surface area contributed by atoms with Crippen molar-refractivity contribution in [2.45, 2.75) is 26.7 Å². The van der Waals surface area contributed by atoms with E-state index >= 15 is 0 Å². The highest BCUT2D eigenvalue weighted by Crippen LogP contribution is 2.37. The molecule has 1 heterocycles. The molecule has 0 amide bonds. The van der Waals surface area contributed by atoms with Crippen molar-refractivity contribution in [1.29, 1.82) is 0 Å². The molecule has 3 rings (SSSR count). The smallest absolute Gasteiger partial charge is 0.206 e. The fourth-order valence-corrected chi connectivity index (χ4v) is 3.27. The van der Waals surface area contributed by atoms with Gasteiger partial charge < -0.3 is 9.84 Å². The molecule has 0 spiro atoms. The van der Waals surface area contributed by atoms with Crippen LogP contribution < -0.4 is 4.74 Å². The second-order valence-corrected chi connectivity index (χ2v) is 6.44. The summed E-state index contributed by atoms with van der Waals surface area (Å²) in [7, 11) is 3.42. The Hall–Kier alpha value is -2.75. The Morgan fingerprint density at radius 2 is 1.88 bits per heavy atom. The SMILES string of the molecule is CN=C(C)c1c(O)n(-c2ccc(OC)c(C(C)C)c2)c2ccccc12. The molecule has 0 aliphatic rings. The van der Waals surface area contributed by atoms with Crippen molar-refractivity contribution >= 4 is 16.6 Å². The molecule has 130 valence electrons. The largest absolute Gasteiger partial charge is 0.496 e. The predicted octanol–water partition coefficient (Wildman–Crippen LogP) is 4.91. The van der Waals surface area contributed by atoms with Crippen LogP contribution in [-0.4, -0.2) is 29.5 Å². The second kappa shape index (κ2) is 6.63. The van der Waals surface area contributed by atoms with Gasteiger partial charge in [0.2, 0.25) is 5.88 Å². The normalized spacial score (nSPS) is 12.2. The van der Waals surface area contributed by atoms with Crippen LogP contribution in [0.25, 0.3) is 16.6 Å². The van der Waals surface area contributed by atoms with Gasteiger partial charge in [-0.25, -0.2) is 0 Å². The molecule has 4 nitrogen and oxygen atoms in total. The molecule has 0 atom stereocenters. The first kappa shape index (κ1) is 17.1. The number of ether oxygens (including phenoxy) is 1. The zero-order valence-corrected chi connectivity index (χ0v) is 15.4. The average Bonchev–Trinajstić information content (AvgIpc) is 2.92. The minimum Gasteiger partial charge on any atom is -0.496 e. The minimum absolute atomic E-state index is 0.212. The second-order valence-electron chi connectivity index (χ2n) is 6.44. The molecule has 1 aromatic heterocycles. The molecule has 0 saturated carbocycles. The lowest BCUT2D eigenvalue weighted by atomic mass is 10.0. The van der Waals surface area contributed by atoms with E-state index in [9.17, 15) is 5.11 Å². The molecule has 4 heteroatoms. The summed E-state index contributed by atoms with van der Waals surface area (Å²) in [5.74, 6) is 1.39. The van der Waals surface area contributed by atoms with Gasteiger partial charge in [0.25, 0.3) is 0 Å². The maximum absolute atomic E-state index is 11.0. The molecule has 0 aliphatic heterocycles. The van der Waals surface area contributed by atoms with E-state index in [1.54, 1.807) is 14.2 Å². The zero-order valence-electron chi connectivity index (χ0n) is 15.4. The van der Waals surface area contributed by atoms with E-state index in [4.69, 9.17) is 4.74 Å². The van der Waals surface area contributed by atoms with E-state index in [0.29, 0.717) is 5.92 Å². The van der Waals surface area contributed by atoms with Crippen molar-refractivity contribution < 1.29 is 9.84 Å². The van der Waals surface area contributed by atoms with Gasteiger partial charge in [0, 0.05) is 23.8 Å².